The van der Waals surface area contributed by atoms with E-state index in [0.717, 1.165) is 21.2 Å². The van der Waals surface area contributed by atoms with Gasteiger partial charge in [0.1, 0.15) is 0 Å². The highest BCUT2D eigenvalue weighted by Gasteiger charge is 2.55. The number of hydrogen-bond donors (Lipinski definition) is 0. The summed E-state index contributed by atoms with van der Waals surface area (Å²) in [5.74, 6) is 6.57. The molecule has 186 valence electrons. The van der Waals surface area contributed by atoms with E-state index < -0.39 is 23.8 Å². The number of piperidine rings is 1. The summed E-state index contributed by atoms with van der Waals surface area (Å²) >= 11 is 0. The molecule has 0 bridgehead atoms. The Labute approximate surface area is 207 Å². The number of sulfonamides is 1. The average Bonchev–Trinajstić information content (AvgIpc) is 2.74. The number of rotatable bonds is 4. The molecule has 1 fully saturated rings. The smallest absolute Gasteiger partial charge is 0.266 e. The number of carbonyl (C=O) groups is 1. The van der Waals surface area contributed by atoms with Crippen LogP contribution in [0.4, 0.5) is 0 Å². The zero-order chi connectivity index (χ0) is 25.5. The van der Waals surface area contributed by atoms with E-state index in [1.54, 1.807) is 31.2 Å². The molecule has 0 N–H and O–H groups in total. The van der Waals surface area contributed by atoms with Crippen molar-refractivity contribution in [3.05, 3.63) is 41.2 Å². The zero-order valence-corrected chi connectivity index (χ0v) is 23.7. The van der Waals surface area contributed by atoms with Gasteiger partial charge >= 0.3 is 0 Å². The van der Waals surface area contributed by atoms with Gasteiger partial charge in [-0.15, -0.1) is 5.92 Å². The Balaban J connectivity index is 2.02. The molecule has 2 atom stereocenters. The van der Waals surface area contributed by atoms with E-state index in [1.807, 2.05) is 13.8 Å². The first-order chi connectivity index (χ1) is 15.7. The molecule has 1 aliphatic carbocycles. The molecule has 1 heterocycles. The molecule has 1 aromatic carbocycles. The van der Waals surface area contributed by atoms with Crippen LogP contribution in [0.15, 0.2) is 40.5 Å². The van der Waals surface area contributed by atoms with Gasteiger partial charge in [-0.05, 0) is 75.9 Å². The van der Waals surface area contributed by atoms with E-state index in [1.165, 1.54) is 0 Å². The van der Waals surface area contributed by atoms with Crippen LogP contribution in [0, 0.1) is 30.1 Å². The molecule has 0 aromatic heterocycles. The van der Waals surface area contributed by atoms with Gasteiger partial charge in [-0.2, -0.15) is 0 Å². The van der Waals surface area contributed by atoms with Gasteiger partial charge < -0.3 is 4.43 Å². The Morgan fingerprint density at radius 1 is 1.12 bits per heavy atom. The van der Waals surface area contributed by atoms with E-state index in [2.05, 4.69) is 45.7 Å². The fourth-order valence-corrected chi connectivity index (χ4v) is 7.49. The van der Waals surface area contributed by atoms with Crippen LogP contribution < -0.4 is 0 Å². The van der Waals surface area contributed by atoms with Crippen LogP contribution in [0.1, 0.15) is 65.9 Å². The van der Waals surface area contributed by atoms with Crippen molar-refractivity contribution in [1.82, 2.24) is 4.31 Å². The molecule has 5 nitrogen and oxygen atoms in total. The Bertz CT molecular complexity index is 1150. The van der Waals surface area contributed by atoms with Crippen molar-refractivity contribution in [2.75, 3.05) is 6.54 Å². The lowest BCUT2D eigenvalue weighted by Crippen LogP contribution is -2.55. The van der Waals surface area contributed by atoms with E-state index in [-0.39, 0.29) is 28.3 Å². The quantitative estimate of drug-likeness (QED) is 0.374. The number of benzene rings is 1. The van der Waals surface area contributed by atoms with Gasteiger partial charge in [-0.3, -0.25) is 4.79 Å². The molecule has 1 aromatic rings. The molecule has 0 unspecified atom stereocenters. The van der Waals surface area contributed by atoms with E-state index in [4.69, 9.17) is 4.43 Å². The molecule has 0 radical (unpaired) electrons. The predicted octanol–water partition coefficient (Wildman–Crippen LogP) is 6.02. The molecule has 1 amide bonds. The van der Waals surface area contributed by atoms with Crippen molar-refractivity contribution in [2.45, 2.75) is 90.3 Å². The van der Waals surface area contributed by atoms with Gasteiger partial charge in [0.05, 0.1) is 22.0 Å². The van der Waals surface area contributed by atoms with Crippen LogP contribution in [0.5, 0.6) is 0 Å². The minimum Gasteiger partial charge on any atom is -0.547 e. The van der Waals surface area contributed by atoms with E-state index >= 15 is 0 Å². The van der Waals surface area contributed by atoms with Crippen LogP contribution in [0.3, 0.4) is 0 Å². The highest BCUT2D eigenvalue weighted by molar-refractivity contribution is 7.89. The second kappa shape index (κ2) is 9.20. The highest BCUT2D eigenvalue weighted by Crippen LogP contribution is 2.52. The van der Waals surface area contributed by atoms with Crippen LogP contribution in [0.25, 0.3) is 0 Å². The van der Waals surface area contributed by atoms with Crippen LogP contribution in [0.2, 0.25) is 18.1 Å². The van der Waals surface area contributed by atoms with Crippen molar-refractivity contribution in [3.8, 4) is 11.8 Å². The lowest BCUT2D eigenvalue weighted by atomic mass is 9.62. The summed E-state index contributed by atoms with van der Waals surface area (Å²) in [6, 6.07) is 6.69. The minimum atomic E-state index is -3.93. The number of aryl methyl sites for hydroxylation is 1. The molecule has 3 rings (SSSR count). The predicted molar refractivity (Wildman–Crippen MR) is 139 cm³/mol. The monoisotopic (exact) mass is 501 g/mol. The van der Waals surface area contributed by atoms with E-state index in [0.29, 0.717) is 25.7 Å². The van der Waals surface area contributed by atoms with Gasteiger partial charge in [0.2, 0.25) is 14.2 Å². The van der Waals surface area contributed by atoms with Crippen molar-refractivity contribution in [2.24, 2.45) is 11.3 Å². The zero-order valence-electron chi connectivity index (χ0n) is 21.9. The summed E-state index contributed by atoms with van der Waals surface area (Å²) in [5, 5.41) is 0.0565. The number of nitrogens with zero attached hydrogens (tertiary/aromatic N) is 1. The largest absolute Gasteiger partial charge is 0.547 e. The van der Waals surface area contributed by atoms with Crippen LogP contribution in [-0.4, -0.2) is 33.5 Å². The molecular weight excluding hydrogens is 462 g/mol. The SMILES string of the molecule is CC#C[C@H]1C(C)=C(O[Si](C)(C)C(C)(C)C)CC[C@@]12CCCN(S(=O)(=O)c1ccc(C)cc1)C2=O. The Morgan fingerprint density at radius 3 is 2.29 bits per heavy atom. The van der Waals surface area contributed by atoms with Gasteiger partial charge in [0, 0.05) is 13.0 Å². The molecule has 0 saturated carbocycles. The molecule has 1 saturated heterocycles. The Morgan fingerprint density at radius 2 is 1.74 bits per heavy atom. The topological polar surface area (TPSA) is 63.7 Å². The van der Waals surface area contributed by atoms with Gasteiger partial charge in [0.25, 0.3) is 10.0 Å². The maximum atomic E-state index is 14.0. The Hall–Kier alpha value is -2.04. The fourth-order valence-electron chi connectivity index (χ4n) is 4.80. The molecule has 7 heteroatoms. The lowest BCUT2D eigenvalue weighted by Gasteiger charge is -2.48. The van der Waals surface area contributed by atoms with Crippen molar-refractivity contribution in [3.63, 3.8) is 0 Å². The molecule has 34 heavy (non-hydrogen) atoms. The summed E-state index contributed by atoms with van der Waals surface area (Å²) < 4.78 is 34.8. The fraction of sp³-hybridized carbons (Fsp3) is 0.593. The molecule has 1 spiro atoms. The molecule has 1 aliphatic heterocycles. The summed E-state index contributed by atoms with van der Waals surface area (Å²) in [6.07, 6.45) is 2.44. The average molecular weight is 502 g/mol. The number of carbonyl (C=O) groups excluding carboxylic acids is 1. The first kappa shape index (κ1) is 26.6. The standard InChI is InChI=1S/C27H39NO4SSi/c1-9-11-23-21(3)24(32-34(7,8)26(4,5)6)16-18-27(23)17-10-19-28(25(27)29)33(30,31)22-14-12-20(2)13-15-22/h12-15,23H,10,16-19H2,1-8H3/t23-,27-/m0/s1. The normalized spacial score (nSPS) is 24.2. The van der Waals surface area contributed by atoms with Crippen molar-refractivity contribution >= 4 is 24.2 Å². The summed E-state index contributed by atoms with van der Waals surface area (Å²) in [4.78, 5) is 14.2. The van der Waals surface area contributed by atoms with Crippen LogP contribution in [-0.2, 0) is 19.2 Å². The van der Waals surface area contributed by atoms with Gasteiger partial charge in [-0.25, -0.2) is 12.7 Å². The third kappa shape index (κ3) is 4.59. The lowest BCUT2D eigenvalue weighted by molar-refractivity contribution is -0.143. The first-order valence-corrected chi connectivity index (χ1v) is 16.5. The number of allylic oxidation sites excluding steroid dienone is 2. The molecular formula is C27H39NO4SSi. The van der Waals surface area contributed by atoms with Gasteiger partial charge in [-0.1, -0.05) is 44.4 Å². The van der Waals surface area contributed by atoms with Gasteiger partial charge in [0.15, 0.2) is 0 Å². The number of hydrogen-bond acceptors (Lipinski definition) is 4. The number of amides is 1. The van der Waals surface area contributed by atoms with Crippen LogP contribution >= 0.6 is 0 Å². The minimum absolute atomic E-state index is 0.0565. The second-order valence-electron chi connectivity index (χ2n) is 11.3. The van der Waals surface area contributed by atoms with Crippen molar-refractivity contribution in [1.29, 1.82) is 0 Å². The summed E-state index contributed by atoms with van der Waals surface area (Å²) in [5.41, 5.74) is 1.11. The Kier molecular flexibility index (Phi) is 7.19. The van der Waals surface area contributed by atoms with E-state index in [9.17, 15) is 13.2 Å². The third-order valence-corrected chi connectivity index (χ3v) is 14.1. The highest BCUT2D eigenvalue weighted by atomic mass is 32.2. The maximum Gasteiger partial charge on any atom is 0.266 e. The second-order valence-corrected chi connectivity index (χ2v) is 17.8. The summed E-state index contributed by atoms with van der Waals surface area (Å²) in [7, 11) is -5.98. The maximum absolute atomic E-state index is 14.0. The molecule has 2 aliphatic rings. The first-order valence-electron chi connectivity index (χ1n) is 12.1. The van der Waals surface area contributed by atoms with Crippen molar-refractivity contribution < 1.29 is 17.6 Å². The third-order valence-electron chi connectivity index (χ3n) is 7.94. The summed E-state index contributed by atoms with van der Waals surface area (Å²) in [6.45, 7) is 17.0.